The van der Waals surface area contributed by atoms with E-state index in [1.165, 1.54) is 12.1 Å². The Labute approximate surface area is 155 Å². The molecule has 0 aliphatic rings. The van der Waals surface area contributed by atoms with Gasteiger partial charge in [-0.15, -0.1) is 0 Å². The summed E-state index contributed by atoms with van der Waals surface area (Å²) in [4.78, 5) is 21.5. The normalized spacial score (nSPS) is 12.4. The number of halogens is 4. The van der Waals surface area contributed by atoms with Crippen LogP contribution in [0.4, 0.5) is 8.78 Å². The Morgan fingerprint density at radius 1 is 1.08 bits per heavy atom. The Hall–Kier alpha value is -0.430. The van der Waals surface area contributed by atoms with Gasteiger partial charge in [-0.2, -0.15) is 20.5 Å². The van der Waals surface area contributed by atoms with Crippen molar-refractivity contribution in [2.45, 2.75) is 17.2 Å². The second-order valence-corrected chi connectivity index (χ2v) is 8.81. The molecule has 0 unspecified atom stereocenters. The molecule has 2 aromatic rings. The Kier molecular flexibility index (Phi) is 6.51. The Morgan fingerprint density at radius 2 is 1.62 bits per heavy atom. The first kappa shape index (κ1) is 19.9. The zero-order chi connectivity index (χ0) is 18.0. The molecule has 0 atom stereocenters. The second kappa shape index (κ2) is 7.85. The average Bonchev–Trinajstić information content (AvgIpc) is 2.48. The SMILES string of the molecule is O=P([O-])([O-])C(F)(F)c1ccc(CSCc2ccc(Cl)cc2)cc1Br. The lowest BCUT2D eigenvalue weighted by atomic mass is 10.1. The largest absolute Gasteiger partial charge is 0.806 e. The lowest BCUT2D eigenvalue weighted by Crippen LogP contribution is -2.30. The molecule has 3 nitrogen and oxygen atoms in total. The maximum absolute atomic E-state index is 13.6. The molecule has 0 aromatic heterocycles. The maximum atomic E-state index is 13.6. The van der Waals surface area contributed by atoms with E-state index in [2.05, 4.69) is 15.9 Å². The molecule has 0 fully saturated rings. The minimum atomic E-state index is -6.08. The van der Waals surface area contributed by atoms with E-state index in [1.54, 1.807) is 23.9 Å². The number of hydrogen-bond acceptors (Lipinski definition) is 4. The van der Waals surface area contributed by atoms with Gasteiger partial charge >= 0.3 is 0 Å². The van der Waals surface area contributed by atoms with Crippen LogP contribution in [0.3, 0.4) is 0 Å². The van der Waals surface area contributed by atoms with Crippen molar-refractivity contribution in [3.05, 3.63) is 68.7 Å². The summed E-state index contributed by atoms with van der Waals surface area (Å²) in [5.74, 6) is 1.25. The van der Waals surface area contributed by atoms with Crippen molar-refractivity contribution in [2.24, 2.45) is 0 Å². The van der Waals surface area contributed by atoms with Crippen LogP contribution in [0, 0.1) is 0 Å². The fourth-order valence-corrected chi connectivity index (χ4v) is 4.30. The zero-order valence-corrected chi connectivity index (χ0v) is 16.1. The molecular formula is C15H11BrClF2O3PS-2. The van der Waals surface area contributed by atoms with Gasteiger partial charge in [0, 0.05) is 34.2 Å². The molecular weight excluding hydrogens is 445 g/mol. The van der Waals surface area contributed by atoms with Crippen LogP contribution < -0.4 is 9.79 Å². The molecule has 9 heteroatoms. The summed E-state index contributed by atoms with van der Waals surface area (Å²) in [5.41, 5.74) is -3.49. The molecule has 130 valence electrons. The fourth-order valence-electron chi connectivity index (χ4n) is 1.91. The van der Waals surface area contributed by atoms with Gasteiger partial charge in [-0.05, 0) is 29.3 Å². The number of benzene rings is 2. The molecule has 0 bridgehead atoms. The van der Waals surface area contributed by atoms with Crippen LogP contribution in [0.1, 0.15) is 16.7 Å². The summed E-state index contributed by atoms with van der Waals surface area (Å²) in [5, 5.41) is 0.651. The smallest absolute Gasteiger partial charge is 0.297 e. The molecule has 0 saturated carbocycles. The van der Waals surface area contributed by atoms with Gasteiger partial charge in [-0.25, -0.2) is 0 Å². The van der Waals surface area contributed by atoms with Crippen LogP contribution in [-0.4, -0.2) is 0 Å². The van der Waals surface area contributed by atoms with Crippen LogP contribution in [-0.2, 0) is 21.7 Å². The van der Waals surface area contributed by atoms with Crippen molar-refractivity contribution in [3.63, 3.8) is 0 Å². The predicted octanol–water partition coefficient (Wildman–Crippen LogP) is 4.50. The van der Waals surface area contributed by atoms with Gasteiger partial charge in [0.15, 0.2) is 0 Å². The first-order chi connectivity index (χ1) is 11.1. The van der Waals surface area contributed by atoms with Crippen LogP contribution >= 0.6 is 46.9 Å². The highest BCUT2D eigenvalue weighted by Gasteiger charge is 2.37. The number of alkyl halides is 2. The lowest BCUT2D eigenvalue weighted by molar-refractivity contribution is -0.335. The summed E-state index contributed by atoms with van der Waals surface area (Å²) in [6.07, 6.45) is 0. The van der Waals surface area contributed by atoms with E-state index in [0.29, 0.717) is 16.5 Å². The summed E-state index contributed by atoms with van der Waals surface area (Å²) in [6.45, 7) is 0. The first-order valence-electron chi connectivity index (χ1n) is 6.62. The lowest BCUT2D eigenvalue weighted by Gasteiger charge is -2.38. The van der Waals surface area contributed by atoms with E-state index in [9.17, 15) is 23.1 Å². The van der Waals surface area contributed by atoms with Gasteiger partial charge in [0.05, 0.1) is 0 Å². The molecule has 0 aliphatic heterocycles. The Morgan fingerprint density at radius 3 is 2.17 bits per heavy atom. The van der Waals surface area contributed by atoms with Gasteiger partial charge in [0.25, 0.3) is 5.66 Å². The summed E-state index contributed by atoms with van der Waals surface area (Å²) in [7, 11) is -6.08. The minimum Gasteiger partial charge on any atom is -0.806 e. The Balaban J connectivity index is 2.04. The number of rotatable bonds is 6. The molecule has 2 rings (SSSR count). The summed E-state index contributed by atoms with van der Waals surface area (Å²) in [6, 6.07) is 11.1. The maximum Gasteiger partial charge on any atom is 0.297 e. The van der Waals surface area contributed by atoms with E-state index < -0.39 is 18.8 Å². The number of thioether (sulfide) groups is 1. The van der Waals surface area contributed by atoms with Crippen LogP contribution in [0.5, 0.6) is 0 Å². The third kappa shape index (κ3) is 4.81. The molecule has 0 saturated heterocycles. The van der Waals surface area contributed by atoms with Gasteiger partial charge in [0.2, 0.25) is 0 Å². The molecule has 0 amide bonds. The van der Waals surface area contributed by atoms with Gasteiger partial charge in [0.1, 0.15) is 0 Å². The molecule has 2 aromatic carbocycles. The third-order valence-corrected chi connectivity index (χ3v) is 6.06. The predicted molar refractivity (Wildman–Crippen MR) is 92.1 cm³/mol. The molecule has 0 heterocycles. The monoisotopic (exact) mass is 454 g/mol. The van der Waals surface area contributed by atoms with E-state index in [0.717, 1.165) is 17.2 Å². The molecule has 0 radical (unpaired) electrons. The quantitative estimate of drug-likeness (QED) is 0.602. The molecule has 0 aliphatic carbocycles. The van der Waals surface area contributed by atoms with E-state index in [-0.39, 0.29) is 4.47 Å². The van der Waals surface area contributed by atoms with Crippen molar-refractivity contribution in [2.75, 3.05) is 0 Å². The second-order valence-electron chi connectivity index (χ2n) is 4.97. The van der Waals surface area contributed by atoms with Crippen LogP contribution in [0.15, 0.2) is 46.9 Å². The minimum absolute atomic E-state index is 0.107. The van der Waals surface area contributed by atoms with Gasteiger partial charge < -0.3 is 14.4 Å². The van der Waals surface area contributed by atoms with Crippen molar-refractivity contribution in [3.8, 4) is 0 Å². The zero-order valence-electron chi connectivity index (χ0n) is 12.0. The molecule has 24 heavy (non-hydrogen) atoms. The highest BCUT2D eigenvalue weighted by atomic mass is 79.9. The third-order valence-electron chi connectivity index (χ3n) is 3.15. The van der Waals surface area contributed by atoms with Gasteiger partial charge in [-0.1, -0.05) is 51.8 Å². The summed E-state index contributed by atoms with van der Waals surface area (Å²) >= 11 is 10.3. The van der Waals surface area contributed by atoms with Crippen molar-refractivity contribution >= 4 is 46.9 Å². The van der Waals surface area contributed by atoms with Crippen LogP contribution in [0.2, 0.25) is 5.02 Å². The van der Waals surface area contributed by atoms with E-state index in [1.807, 2.05) is 12.1 Å². The highest BCUT2D eigenvalue weighted by Crippen LogP contribution is 2.54. The van der Waals surface area contributed by atoms with Gasteiger partial charge in [-0.3, -0.25) is 0 Å². The average molecular weight is 456 g/mol. The van der Waals surface area contributed by atoms with E-state index in [4.69, 9.17) is 11.6 Å². The van der Waals surface area contributed by atoms with Crippen molar-refractivity contribution in [1.29, 1.82) is 0 Å². The van der Waals surface area contributed by atoms with E-state index >= 15 is 0 Å². The molecule has 0 N–H and O–H groups in total. The standard InChI is InChI=1S/C15H13BrClF2O3PS/c16-14-7-11(3-6-13(14)15(18,19)23(20,21)22)9-24-8-10-1-4-12(17)5-2-10/h1-7H,8-9H2,(H2,20,21,22)/p-2. The first-order valence-corrected chi connectivity index (χ1v) is 10.5. The van der Waals surface area contributed by atoms with Crippen molar-refractivity contribution < 1.29 is 23.1 Å². The van der Waals surface area contributed by atoms with Crippen LogP contribution in [0.25, 0.3) is 0 Å². The Bertz CT molecular complexity index is 768. The highest BCUT2D eigenvalue weighted by molar-refractivity contribution is 9.10. The fraction of sp³-hybridized carbons (Fsp3) is 0.200. The number of hydrogen-bond donors (Lipinski definition) is 0. The summed E-state index contributed by atoms with van der Waals surface area (Å²) < 4.78 is 37.9. The topological polar surface area (TPSA) is 63.2 Å². The van der Waals surface area contributed by atoms with Crippen molar-refractivity contribution in [1.82, 2.24) is 0 Å². The molecule has 0 spiro atoms.